The van der Waals surface area contributed by atoms with Crippen LogP contribution < -0.4 is 10.5 Å². The highest BCUT2D eigenvalue weighted by Crippen LogP contribution is 2.38. The molecular weight excluding hydrogens is 230 g/mol. The lowest BCUT2D eigenvalue weighted by Gasteiger charge is -2.40. The molecule has 1 aliphatic rings. The zero-order valence-electron chi connectivity index (χ0n) is 10.9. The van der Waals surface area contributed by atoms with Gasteiger partial charge in [-0.2, -0.15) is 0 Å². The number of Topliss-reactive ketones (excluding diaryl/α,β-unsaturated/α-hetero) is 1. The van der Waals surface area contributed by atoms with Gasteiger partial charge in [0.25, 0.3) is 0 Å². The molecule has 0 bridgehead atoms. The zero-order valence-corrected chi connectivity index (χ0v) is 10.9. The second-order valence-corrected chi connectivity index (χ2v) is 5.21. The number of ether oxygens (including phenoxy) is 1. The molecule has 0 unspecified atom stereocenters. The Kier molecular flexibility index (Phi) is 3.17. The van der Waals surface area contributed by atoms with E-state index >= 15 is 0 Å². The predicted molar refractivity (Wildman–Crippen MR) is 68.7 cm³/mol. The Labute approximate surface area is 107 Å². The molecule has 0 radical (unpaired) electrons. The molecule has 0 saturated carbocycles. The van der Waals surface area contributed by atoms with Gasteiger partial charge in [-0.15, -0.1) is 0 Å². The summed E-state index contributed by atoms with van der Waals surface area (Å²) >= 11 is 0. The lowest BCUT2D eigenvalue weighted by molar-refractivity contribution is -0.0571. The summed E-state index contributed by atoms with van der Waals surface area (Å²) in [5.74, 6) is 0.703. The molecular formula is C14H19NO3. The second kappa shape index (κ2) is 4.37. The average molecular weight is 249 g/mol. The molecule has 1 heterocycles. The molecule has 2 rings (SSSR count). The van der Waals surface area contributed by atoms with Crippen molar-refractivity contribution >= 4 is 5.78 Å². The number of aliphatic hydroxyl groups is 1. The fourth-order valence-electron chi connectivity index (χ4n) is 2.23. The molecule has 1 aromatic rings. The van der Waals surface area contributed by atoms with Gasteiger partial charge >= 0.3 is 0 Å². The van der Waals surface area contributed by atoms with Crippen LogP contribution in [0.25, 0.3) is 0 Å². The predicted octanol–water partition coefficient (Wildman–Crippen LogP) is 1.81. The lowest BCUT2D eigenvalue weighted by atomic mass is 9.86. The van der Waals surface area contributed by atoms with Crippen LogP contribution in [0.15, 0.2) is 18.2 Å². The van der Waals surface area contributed by atoms with Gasteiger partial charge in [-0.05, 0) is 32.0 Å². The SMILES string of the molecule is CCC(=O)c1ccc2c(c1)[C@H](N)[C@@H](O)C(C)(C)O2. The third kappa shape index (κ3) is 2.02. The first-order chi connectivity index (χ1) is 8.36. The highest BCUT2D eigenvalue weighted by atomic mass is 16.5. The molecule has 4 nitrogen and oxygen atoms in total. The van der Waals surface area contributed by atoms with Crippen molar-refractivity contribution in [2.24, 2.45) is 5.73 Å². The minimum Gasteiger partial charge on any atom is -0.485 e. The van der Waals surface area contributed by atoms with Crippen molar-refractivity contribution < 1.29 is 14.6 Å². The normalized spacial score (nSPS) is 25.2. The Morgan fingerprint density at radius 1 is 1.50 bits per heavy atom. The molecule has 0 fully saturated rings. The van der Waals surface area contributed by atoms with Crippen LogP contribution in [0.1, 0.15) is 49.2 Å². The number of hydrogen-bond acceptors (Lipinski definition) is 4. The Morgan fingerprint density at radius 3 is 2.78 bits per heavy atom. The van der Waals surface area contributed by atoms with Gasteiger partial charge in [-0.1, -0.05) is 6.92 Å². The first-order valence-electron chi connectivity index (χ1n) is 6.16. The van der Waals surface area contributed by atoms with Crippen molar-refractivity contribution in [1.82, 2.24) is 0 Å². The van der Waals surface area contributed by atoms with Crippen LogP contribution in [0.2, 0.25) is 0 Å². The van der Waals surface area contributed by atoms with Crippen molar-refractivity contribution in [3.63, 3.8) is 0 Å². The summed E-state index contributed by atoms with van der Waals surface area (Å²) in [6.45, 7) is 5.41. The smallest absolute Gasteiger partial charge is 0.162 e. The van der Waals surface area contributed by atoms with E-state index in [0.29, 0.717) is 23.3 Å². The van der Waals surface area contributed by atoms with Gasteiger partial charge in [-0.3, -0.25) is 4.79 Å². The highest BCUT2D eigenvalue weighted by Gasteiger charge is 2.41. The van der Waals surface area contributed by atoms with E-state index in [0.717, 1.165) is 0 Å². The van der Waals surface area contributed by atoms with E-state index < -0.39 is 17.7 Å². The summed E-state index contributed by atoms with van der Waals surface area (Å²) in [6, 6.07) is 4.69. The number of aliphatic hydroxyl groups excluding tert-OH is 1. The van der Waals surface area contributed by atoms with E-state index in [1.54, 1.807) is 32.0 Å². The summed E-state index contributed by atoms with van der Waals surface area (Å²) in [5, 5.41) is 10.1. The number of carbonyl (C=O) groups excluding carboxylic acids is 1. The van der Waals surface area contributed by atoms with Crippen LogP contribution >= 0.6 is 0 Å². The van der Waals surface area contributed by atoms with Crippen molar-refractivity contribution in [2.45, 2.75) is 44.9 Å². The minimum atomic E-state index is -0.794. The van der Waals surface area contributed by atoms with Crippen LogP contribution in [0.4, 0.5) is 0 Å². The number of ketones is 1. The van der Waals surface area contributed by atoms with Gasteiger partial charge in [0, 0.05) is 17.5 Å². The Bertz CT molecular complexity index is 482. The van der Waals surface area contributed by atoms with Crippen LogP contribution in [0.5, 0.6) is 5.75 Å². The minimum absolute atomic E-state index is 0.0596. The van der Waals surface area contributed by atoms with Gasteiger partial charge in [0.2, 0.25) is 0 Å². The van der Waals surface area contributed by atoms with E-state index in [2.05, 4.69) is 0 Å². The summed E-state index contributed by atoms with van der Waals surface area (Å²) in [4.78, 5) is 11.7. The summed E-state index contributed by atoms with van der Waals surface area (Å²) in [5.41, 5.74) is 6.62. The number of benzene rings is 1. The molecule has 18 heavy (non-hydrogen) atoms. The van der Waals surface area contributed by atoms with Gasteiger partial charge in [0.1, 0.15) is 17.5 Å². The molecule has 3 N–H and O–H groups in total. The molecule has 1 aromatic carbocycles. The van der Waals surface area contributed by atoms with Crippen LogP contribution in [-0.2, 0) is 0 Å². The number of hydrogen-bond donors (Lipinski definition) is 2. The molecule has 2 atom stereocenters. The summed E-state index contributed by atoms with van der Waals surface area (Å²) < 4.78 is 5.73. The molecule has 0 saturated heterocycles. The van der Waals surface area contributed by atoms with Gasteiger partial charge in [0.15, 0.2) is 5.78 Å². The van der Waals surface area contributed by atoms with Gasteiger partial charge < -0.3 is 15.6 Å². The van der Waals surface area contributed by atoms with Crippen LogP contribution in [-0.4, -0.2) is 22.6 Å². The number of nitrogens with two attached hydrogens (primary N) is 1. The Hall–Kier alpha value is -1.39. The Morgan fingerprint density at radius 2 is 2.17 bits per heavy atom. The molecule has 0 aromatic heterocycles. The maximum atomic E-state index is 11.7. The molecule has 4 heteroatoms. The monoisotopic (exact) mass is 249 g/mol. The van der Waals surface area contributed by atoms with Crippen LogP contribution in [0, 0.1) is 0 Å². The van der Waals surface area contributed by atoms with Gasteiger partial charge in [0.05, 0.1) is 6.04 Å². The largest absolute Gasteiger partial charge is 0.485 e. The molecule has 98 valence electrons. The van der Waals surface area contributed by atoms with Crippen molar-refractivity contribution in [2.75, 3.05) is 0 Å². The fraction of sp³-hybridized carbons (Fsp3) is 0.500. The number of fused-ring (bicyclic) bond motifs is 1. The van der Waals surface area contributed by atoms with Crippen molar-refractivity contribution in [3.05, 3.63) is 29.3 Å². The summed E-state index contributed by atoms with van der Waals surface area (Å²) in [6.07, 6.45) is -0.347. The van der Waals surface area contributed by atoms with E-state index in [1.165, 1.54) is 0 Å². The summed E-state index contributed by atoms with van der Waals surface area (Å²) in [7, 11) is 0. The molecule has 1 aliphatic heterocycles. The third-order valence-electron chi connectivity index (χ3n) is 3.44. The molecule has 0 amide bonds. The molecule has 0 spiro atoms. The first-order valence-corrected chi connectivity index (χ1v) is 6.16. The van der Waals surface area contributed by atoms with Crippen LogP contribution in [0.3, 0.4) is 0 Å². The van der Waals surface area contributed by atoms with Gasteiger partial charge in [-0.25, -0.2) is 0 Å². The lowest BCUT2D eigenvalue weighted by Crippen LogP contribution is -2.51. The average Bonchev–Trinajstić information content (AvgIpc) is 2.34. The number of rotatable bonds is 2. The first kappa shape index (κ1) is 13.1. The fourth-order valence-corrected chi connectivity index (χ4v) is 2.23. The maximum Gasteiger partial charge on any atom is 0.162 e. The topological polar surface area (TPSA) is 72.6 Å². The quantitative estimate of drug-likeness (QED) is 0.784. The van der Waals surface area contributed by atoms with E-state index in [9.17, 15) is 9.90 Å². The second-order valence-electron chi connectivity index (χ2n) is 5.21. The Balaban J connectivity index is 2.46. The zero-order chi connectivity index (χ0) is 13.5. The maximum absolute atomic E-state index is 11.7. The van der Waals surface area contributed by atoms with Crippen molar-refractivity contribution in [3.8, 4) is 5.75 Å². The third-order valence-corrected chi connectivity index (χ3v) is 3.44. The molecule has 0 aliphatic carbocycles. The number of carbonyl (C=O) groups is 1. The standard InChI is InChI=1S/C14H19NO3/c1-4-10(16)8-5-6-11-9(7-8)12(15)13(17)14(2,3)18-11/h5-7,12-13,17H,4,15H2,1-3H3/t12-,13+/m0/s1. The highest BCUT2D eigenvalue weighted by molar-refractivity contribution is 5.96. The van der Waals surface area contributed by atoms with E-state index in [-0.39, 0.29) is 5.78 Å². The van der Waals surface area contributed by atoms with Crippen molar-refractivity contribution in [1.29, 1.82) is 0 Å². The van der Waals surface area contributed by atoms with E-state index in [4.69, 9.17) is 10.5 Å². The van der Waals surface area contributed by atoms with E-state index in [1.807, 2.05) is 6.92 Å².